The Bertz CT molecular complexity index is 841. The topological polar surface area (TPSA) is 78.9 Å². The lowest BCUT2D eigenvalue weighted by atomic mass is 9.99. The van der Waals surface area contributed by atoms with Crippen LogP contribution in [0, 0.1) is 11.8 Å². The summed E-state index contributed by atoms with van der Waals surface area (Å²) in [6.45, 7) is 11.3. The van der Waals surface area contributed by atoms with Crippen LogP contribution in [0.1, 0.15) is 266 Å². The number of carbonyl (C=O) groups excluding carboxylic acids is 3. The van der Waals surface area contributed by atoms with Crippen LogP contribution < -0.4 is 0 Å². The average molecular weight is 779 g/mol. The molecule has 6 heteroatoms. The molecule has 0 heterocycles. The van der Waals surface area contributed by atoms with E-state index in [9.17, 15) is 14.4 Å². The summed E-state index contributed by atoms with van der Waals surface area (Å²) >= 11 is 0. The van der Waals surface area contributed by atoms with E-state index in [1.807, 2.05) is 0 Å². The molecule has 0 aromatic carbocycles. The molecule has 0 saturated heterocycles. The second-order valence-corrected chi connectivity index (χ2v) is 17.5. The lowest BCUT2D eigenvalue weighted by Crippen LogP contribution is -2.30. The zero-order chi connectivity index (χ0) is 40.5. The Morgan fingerprint density at radius 3 is 1.04 bits per heavy atom. The second kappa shape index (κ2) is 42.0. The van der Waals surface area contributed by atoms with E-state index >= 15 is 0 Å². The van der Waals surface area contributed by atoms with E-state index in [-0.39, 0.29) is 31.1 Å². The largest absolute Gasteiger partial charge is 0.462 e. The van der Waals surface area contributed by atoms with Crippen molar-refractivity contribution >= 4 is 17.9 Å². The van der Waals surface area contributed by atoms with Crippen molar-refractivity contribution in [2.45, 2.75) is 272 Å². The molecule has 0 N–H and O–H groups in total. The van der Waals surface area contributed by atoms with Gasteiger partial charge >= 0.3 is 17.9 Å². The number of ether oxygens (including phenoxy) is 3. The number of carbonyl (C=O) groups is 3. The number of hydrogen-bond donors (Lipinski definition) is 0. The fourth-order valence-corrected chi connectivity index (χ4v) is 7.25. The van der Waals surface area contributed by atoms with E-state index in [4.69, 9.17) is 14.2 Å². The summed E-state index contributed by atoms with van der Waals surface area (Å²) in [5.41, 5.74) is 0. The molecule has 55 heavy (non-hydrogen) atoms. The first-order valence-corrected chi connectivity index (χ1v) is 24.3. The molecule has 0 radical (unpaired) electrons. The molecule has 1 unspecified atom stereocenters. The molecule has 0 aliphatic heterocycles. The van der Waals surface area contributed by atoms with Crippen LogP contribution in [0.25, 0.3) is 0 Å². The third kappa shape index (κ3) is 41.9. The van der Waals surface area contributed by atoms with E-state index in [0.29, 0.717) is 19.3 Å². The highest BCUT2D eigenvalue weighted by molar-refractivity contribution is 5.71. The molecule has 0 saturated carbocycles. The van der Waals surface area contributed by atoms with Crippen molar-refractivity contribution in [3.63, 3.8) is 0 Å². The van der Waals surface area contributed by atoms with Crippen molar-refractivity contribution < 1.29 is 28.6 Å². The summed E-state index contributed by atoms with van der Waals surface area (Å²) < 4.78 is 16.7. The number of unbranched alkanes of at least 4 members (excludes halogenated alkanes) is 27. The van der Waals surface area contributed by atoms with E-state index in [0.717, 1.165) is 69.6 Å². The fourth-order valence-electron chi connectivity index (χ4n) is 7.25. The van der Waals surface area contributed by atoms with Crippen molar-refractivity contribution in [2.75, 3.05) is 13.2 Å². The Morgan fingerprint density at radius 1 is 0.382 bits per heavy atom. The van der Waals surface area contributed by atoms with Crippen LogP contribution in [0.4, 0.5) is 0 Å². The van der Waals surface area contributed by atoms with Gasteiger partial charge in [0.1, 0.15) is 13.2 Å². The predicted molar refractivity (Wildman–Crippen MR) is 233 cm³/mol. The zero-order valence-electron chi connectivity index (χ0n) is 37.6. The van der Waals surface area contributed by atoms with Crippen molar-refractivity contribution in [3.05, 3.63) is 0 Å². The van der Waals surface area contributed by atoms with Gasteiger partial charge in [0.15, 0.2) is 6.10 Å². The van der Waals surface area contributed by atoms with Gasteiger partial charge in [0.05, 0.1) is 0 Å². The predicted octanol–water partition coefficient (Wildman–Crippen LogP) is 15.4. The smallest absolute Gasteiger partial charge is 0.306 e. The summed E-state index contributed by atoms with van der Waals surface area (Å²) in [4.78, 5) is 37.7. The molecule has 6 nitrogen and oxygen atoms in total. The van der Waals surface area contributed by atoms with Crippen LogP contribution in [0.5, 0.6) is 0 Å². The zero-order valence-corrected chi connectivity index (χ0v) is 37.6. The van der Waals surface area contributed by atoms with Crippen LogP contribution in [-0.2, 0) is 28.6 Å². The highest BCUT2D eigenvalue weighted by Gasteiger charge is 2.19. The highest BCUT2D eigenvalue weighted by Crippen LogP contribution is 2.17. The average Bonchev–Trinajstić information content (AvgIpc) is 3.17. The van der Waals surface area contributed by atoms with E-state index in [1.54, 1.807) is 0 Å². The maximum absolute atomic E-state index is 12.7. The van der Waals surface area contributed by atoms with Crippen LogP contribution in [0.15, 0.2) is 0 Å². The maximum Gasteiger partial charge on any atom is 0.306 e. The molecule has 0 aliphatic carbocycles. The molecule has 0 amide bonds. The molecule has 0 fully saturated rings. The van der Waals surface area contributed by atoms with Gasteiger partial charge in [0.25, 0.3) is 0 Å². The third-order valence-electron chi connectivity index (χ3n) is 11.3. The quantitative estimate of drug-likeness (QED) is 0.0348. The molecular formula is C49H94O6. The van der Waals surface area contributed by atoms with Gasteiger partial charge in [-0.15, -0.1) is 0 Å². The van der Waals surface area contributed by atoms with Gasteiger partial charge in [-0.05, 0) is 31.1 Å². The van der Waals surface area contributed by atoms with Crippen molar-refractivity contribution in [3.8, 4) is 0 Å². The highest BCUT2D eigenvalue weighted by atomic mass is 16.6. The molecule has 0 spiro atoms. The van der Waals surface area contributed by atoms with Crippen LogP contribution in [0.3, 0.4) is 0 Å². The first-order valence-electron chi connectivity index (χ1n) is 24.3. The van der Waals surface area contributed by atoms with Crippen molar-refractivity contribution in [1.82, 2.24) is 0 Å². The summed E-state index contributed by atoms with van der Waals surface area (Å²) in [7, 11) is 0. The molecule has 2 atom stereocenters. The van der Waals surface area contributed by atoms with Gasteiger partial charge in [-0.1, -0.05) is 227 Å². The molecular weight excluding hydrogens is 685 g/mol. The van der Waals surface area contributed by atoms with Gasteiger partial charge in [-0.2, -0.15) is 0 Å². The number of rotatable bonds is 43. The molecule has 0 aliphatic rings. The minimum absolute atomic E-state index is 0.0646. The summed E-state index contributed by atoms with van der Waals surface area (Å²) in [6.07, 6.45) is 40.8. The lowest BCUT2D eigenvalue weighted by molar-refractivity contribution is -0.167. The van der Waals surface area contributed by atoms with Gasteiger partial charge in [-0.3, -0.25) is 14.4 Å². The maximum atomic E-state index is 12.7. The van der Waals surface area contributed by atoms with Gasteiger partial charge in [0, 0.05) is 19.3 Å². The van der Waals surface area contributed by atoms with Crippen LogP contribution >= 0.6 is 0 Å². The van der Waals surface area contributed by atoms with E-state index < -0.39 is 6.10 Å². The number of hydrogen-bond acceptors (Lipinski definition) is 6. The van der Waals surface area contributed by atoms with Gasteiger partial charge in [0.2, 0.25) is 0 Å². The molecule has 0 rings (SSSR count). The normalized spacial score (nSPS) is 12.5. The van der Waals surface area contributed by atoms with Crippen molar-refractivity contribution in [2.24, 2.45) is 11.8 Å². The first-order chi connectivity index (χ1) is 26.8. The SMILES string of the molecule is CCCCCCCCCCCC(=O)O[C@H](COC(=O)CCCCCCCCCCCCCCCC(C)C)COC(=O)CCCCCCCCCCC(C)CC. The monoisotopic (exact) mass is 779 g/mol. The minimum Gasteiger partial charge on any atom is -0.462 e. The Balaban J connectivity index is 4.27. The Kier molecular flexibility index (Phi) is 40.8. The second-order valence-electron chi connectivity index (χ2n) is 17.5. The lowest BCUT2D eigenvalue weighted by Gasteiger charge is -2.18. The van der Waals surface area contributed by atoms with Crippen LogP contribution in [-0.4, -0.2) is 37.2 Å². The minimum atomic E-state index is -0.760. The molecule has 0 bridgehead atoms. The summed E-state index contributed by atoms with van der Waals surface area (Å²) in [5, 5.41) is 0. The Morgan fingerprint density at radius 2 is 0.691 bits per heavy atom. The van der Waals surface area contributed by atoms with Crippen molar-refractivity contribution in [1.29, 1.82) is 0 Å². The molecule has 0 aromatic heterocycles. The molecule has 326 valence electrons. The van der Waals surface area contributed by atoms with E-state index in [1.165, 1.54) is 154 Å². The molecule has 0 aromatic rings. The summed E-state index contributed by atoms with van der Waals surface area (Å²) in [6, 6.07) is 0. The standard InChI is InChI=1S/C49H94O6/c1-6-8-9-10-11-17-26-31-36-41-49(52)55-46(43-54-48(51)40-35-30-25-21-20-23-28-33-38-45(5)7-2)42-53-47(50)39-34-29-24-19-16-14-12-13-15-18-22-27-32-37-44(3)4/h44-46H,6-43H2,1-5H3/t45?,46-/m1/s1. The Labute approximate surface area is 342 Å². The van der Waals surface area contributed by atoms with Gasteiger partial charge in [-0.25, -0.2) is 0 Å². The van der Waals surface area contributed by atoms with Gasteiger partial charge < -0.3 is 14.2 Å². The first kappa shape index (κ1) is 53.4. The number of esters is 3. The Hall–Kier alpha value is -1.59. The third-order valence-corrected chi connectivity index (χ3v) is 11.3. The fraction of sp³-hybridized carbons (Fsp3) is 0.939. The van der Waals surface area contributed by atoms with Crippen LogP contribution in [0.2, 0.25) is 0 Å². The summed E-state index contributed by atoms with van der Waals surface area (Å²) in [5.74, 6) is 0.831. The van der Waals surface area contributed by atoms with E-state index in [2.05, 4.69) is 34.6 Å².